The summed E-state index contributed by atoms with van der Waals surface area (Å²) < 4.78 is 11.4. The molecule has 0 amide bonds. The fourth-order valence-corrected chi connectivity index (χ4v) is 2.70. The van der Waals surface area contributed by atoms with Gasteiger partial charge in [-0.1, -0.05) is 18.2 Å². The molecule has 0 saturated carbocycles. The van der Waals surface area contributed by atoms with Gasteiger partial charge in [-0.05, 0) is 11.6 Å². The van der Waals surface area contributed by atoms with Gasteiger partial charge in [-0.25, -0.2) is 0 Å². The minimum atomic E-state index is 0.254. The number of para-hydroxylation sites is 1. The zero-order valence-electron chi connectivity index (χ0n) is 9.27. The molecule has 1 aromatic rings. The topological polar surface area (TPSA) is 42.8 Å². The van der Waals surface area contributed by atoms with Crippen molar-refractivity contribution in [3.05, 3.63) is 35.4 Å². The Labute approximate surface area is 98.9 Å². The summed E-state index contributed by atoms with van der Waals surface area (Å²) >= 11 is 0. The molecule has 1 unspecified atom stereocenters. The molecule has 0 aliphatic carbocycles. The number of nitrogens with one attached hydrogen (secondary N) is 1. The molecule has 3 aliphatic heterocycles. The van der Waals surface area contributed by atoms with Gasteiger partial charge in [0.1, 0.15) is 19.0 Å². The molecule has 1 aromatic carbocycles. The van der Waals surface area contributed by atoms with Crippen molar-refractivity contribution in [1.82, 2.24) is 5.43 Å². The third kappa shape index (κ3) is 1.21. The lowest BCUT2D eigenvalue weighted by atomic mass is 9.85. The molecule has 0 aromatic heterocycles. The van der Waals surface area contributed by atoms with Gasteiger partial charge in [0.25, 0.3) is 0 Å². The molecule has 0 bridgehead atoms. The molecular formula is C13H12N2O2. The Kier molecular flexibility index (Phi) is 1.75. The first-order valence-corrected chi connectivity index (χ1v) is 5.81. The Bertz CT molecular complexity index is 548. The highest BCUT2D eigenvalue weighted by Crippen LogP contribution is 2.41. The smallest absolute Gasteiger partial charge is 0.215 e. The van der Waals surface area contributed by atoms with Crippen molar-refractivity contribution >= 4 is 11.5 Å². The first-order chi connectivity index (χ1) is 8.43. The van der Waals surface area contributed by atoms with Gasteiger partial charge in [0.15, 0.2) is 0 Å². The maximum Gasteiger partial charge on any atom is 0.215 e. The van der Waals surface area contributed by atoms with Crippen molar-refractivity contribution in [1.29, 1.82) is 0 Å². The number of benzene rings is 1. The van der Waals surface area contributed by atoms with Crippen LogP contribution in [0.1, 0.15) is 5.56 Å². The number of hydrogen-bond donors (Lipinski definition) is 1. The van der Waals surface area contributed by atoms with Gasteiger partial charge >= 0.3 is 0 Å². The third-order valence-corrected chi connectivity index (χ3v) is 3.49. The van der Waals surface area contributed by atoms with Crippen LogP contribution in [0.3, 0.4) is 0 Å². The van der Waals surface area contributed by atoms with Crippen molar-refractivity contribution in [2.75, 3.05) is 19.8 Å². The molecule has 0 fully saturated rings. The van der Waals surface area contributed by atoms with Crippen molar-refractivity contribution < 1.29 is 9.47 Å². The van der Waals surface area contributed by atoms with Crippen LogP contribution in [0.5, 0.6) is 5.75 Å². The van der Waals surface area contributed by atoms with Gasteiger partial charge in [0, 0.05) is 17.7 Å². The Morgan fingerprint density at radius 1 is 1.18 bits per heavy atom. The van der Waals surface area contributed by atoms with Crippen LogP contribution in [0, 0.1) is 5.92 Å². The largest absolute Gasteiger partial charge is 0.488 e. The van der Waals surface area contributed by atoms with E-state index in [0.29, 0.717) is 13.2 Å². The Morgan fingerprint density at radius 2 is 2.06 bits per heavy atom. The van der Waals surface area contributed by atoms with Gasteiger partial charge in [0.05, 0.1) is 5.92 Å². The van der Waals surface area contributed by atoms with E-state index in [4.69, 9.17) is 9.47 Å². The molecule has 4 rings (SSSR count). The lowest BCUT2D eigenvalue weighted by Gasteiger charge is -2.31. The van der Waals surface area contributed by atoms with Crippen LogP contribution in [0.4, 0.5) is 0 Å². The van der Waals surface area contributed by atoms with E-state index < -0.39 is 0 Å². The van der Waals surface area contributed by atoms with Crippen molar-refractivity contribution in [3.8, 4) is 5.75 Å². The van der Waals surface area contributed by atoms with Gasteiger partial charge in [0.2, 0.25) is 5.90 Å². The monoisotopic (exact) mass is 228 g/mol. The highest BCUT2D eigenvalue weighted by atomic mass is 16.5. The second-order valence-corrected chi connectivity index (χ2v) is 4.46. The zero-order chi connectivity index (χ0) is 11.2. The van der Waals surface area contributed by atoms with Crippen LogP contribution >= 0.6 is 0 Å². The summed E-state index contributed by atoms with van der Waals surface area (Å²) in [7, 11) is 0. The maximum atomic E-state index is 5.74. The minimum absolute atomic E-state index is 0.254. The molecule has 0 spiro atoms. The molecule has 4 nitrogen and oxygen atoms in total. The summed E-state index contributed by atoms with van der Waals surface area (Å²) in [4.78, 5) is 0. The molecule has 0 saturated heterocycles. The number of hydrogen-bond acceptors (Lipinski definition) is 4. The summed E-state index contributed by atoms with van der Waals surface area (Å²) in [6.07, 6.45) is 0. The average molecular weight is 228 g/mol. The normalized spacial score (nSPS) is 24.7. The summed E-state index contributed by atoms with van der Waals surface area (Å²) in [6.45, 7) is 2.05. The van der Waals surface area contributed by atoms with Gasteiger partial charge in [-0.2, -0.15) is 0 Å². The third-order valence-electron chi connectivity index (χ3n) is 3.49. The number of hydrazone groups is 1. The van der Waals surface area contributed by atoms with E-state index in [-0.39, 0.29) is 5.92 Å². The quantitative estimate of drug-likeness (QED) is 0.729. The fourth-order valence-electron chi connectivity index (χ4n) is 2.70. The lowest BCUT2D eigenvalue weighted by Crippen LogP contribution is -2.31. The molecule has 3 heterocycles. The fraction of sp³-hybridized carbons (Fsp3) is 0.308. The van der Waals surface area contributed by atoms with Gasteiger partial charge in [-0.3, -0.25) is 0 Å². The van der Waals surface area contributed by atoms with Gasteiger partial charge in [-0.15, -0.1) is 5.10 Å². The summed E-state index contributed by atoms with van der Waals surface area (Å²) in [5, 5.41) is 4.19. The minimum Gasteiger partial charge on any atom is -0.488 e. The SMILES string of the molecule is c1ccc2c(c1)OCC1=C2C2CNN=C2OC1. The molecule has 3 aliphatic rings. The van der Waals surface area contributed by atoms with Crippen molar-refractivity contribution in [2.45, 2.75) is 0 Å². The Balaban J connectivity index is 1.91. The molecular weight excluding hydrogens is 216 g/mol. The van der Waals surface area contributed by atoms with Gasteiger partial charge < -0.3 is 14.9 Å². The molecule has 0 radical (unpaired) electrons. The second-order valence-electron chi connectivity index (χ2n) is 4.46. The van der Waals surface area contributed by atoms with Crippen LogP contribution in [-0.2, 0) is 4.74 Å². The Morgan fingerprint density at radius 3 is 3.06 bits per heavy atom. The average Bonchev–Trinajstić information content (AvgIpc) is 2.86. The molecule has 1 N–H and O–H groups in total. The molecule has 86 valence electrons. The van der Waals surface area contributed by atoms with Crippen LogP contribution in [0.2, 0.25) is 0 Å². The number of ether oxygens (including phenoxy) is 2. The van der Waals surface area contributed by atoms with Crippen LogP contribution in [0.15, 0.2) is 34.9 Å². The van der Waals surface area contributed by atoms with Crippen LogP contribution < -0.4 is 10.2 Å². The summed E-state index contributed by atoms with van der Waals surface area (Å²) in [5.74, 6) is 2.05. The standard InChI is InChI=1S/C13H12N2O2/c1-2-4-11-9(3-1)12-8(6-16-11)7-17-13-10(12)5-14-15-13/h1-4,10,14H,5-7H2. The number of fused-ring (bicyclic) bond motifs is 4. The molecule has 17 heavy (non-hydrogen) atoms. The van der Waals surface area contributed by atoms with Crippen molar-refractivity contribution in [3.63, 3.8) is 0 Å². The number of nitrogens with zero attached hydrogens (tertiary/aromatic N) is 1. The molecule has 4 heteroatoms. The maximum absolute atomic E-state index is 5.74. The van der Waals surface area contributed by atoms with Crippen LogP contribution in [-0.4, -0.2) is 25.7 Å². The van der Waals surface area contributed by atoms with Crippen LogP contribution in [0.25, 0.3) is 5.57 Å². The molecule has 1 atom stereocenters. The van der Waals surface area contributed by atoms with E-state index in [2.05, 4.69) is 16.6 Å². The Hall–Kier alpha value is -1.97. The second kappa shape index (κ2) is 3.26. The first-order valence-electron chi connectivity index (χ1n) is 5.81. The van der Waals surface area contributed by atoms with E-state index in [1.165, 1.54) is 16.7 Å². The van der Waals surface area contributed by atoms with E-state index in [0.717, 1.165) is 18.2 Å². The number of rotatable bonds is 0. The first kappa shape index (κ1) is 9.10. The summed E-state index contributed by atoms with van der Waals surface area (Å²) in [5.41, 5.74) is 6.80. The zero-order valence-corrected chi connectivity index (χ0v) is 9.27. The lowest BCUT2D eigenvalue weighted by molar-refractivity contribution is 0.271. The van der Waals surface area contributed by atoms with E-state index in [9.17, 15) is 0 Å². The highest BCUT2D eigenvalue weighted by Gasteiger charge is 2.36. The predicted molar refractivity (Wildman–Crippen MR) is 63.7 cm³/mol. The summed E-state index contributed by atoms with van der Waals surface area (Å²) in [6, 6.07) is 8.19. The van der Waals surface area contributed by atoms with E-state index in [1.54, 1.807) is 0 Å². The van der Waals surface area contributed by atoms with Crippen molar-refractivity contribution in [2.24, 2.45) is 11.0 Å². The predicted octanol–water partition coefficient (Wildman–Crippen LogP) is 1.40. The highest BCUT2D eigenvalue weighted by molar-refractivity contribution is 5.97. The van der Waals surface area contributed by atoms with E-state index >= 15 is 0 Å². The van der Waals surface area contributed by atoms with E-state index in [1.807, 2.05) is 18.2 Å².